The van der Waals surface area contributed by atoms with Gasteiger partial charge in [0.1, 0.15) is 5.82 Å². The monoisotopic (exact) mass is 431 g/mol. The first-order valence-corrected chi connectivity index (χ1v) is 9.74. The molecule has 0 aromatic heterocycles. The molecular formula is C22H26FN3O5. The van der Waals surface area contributed by atoms with Gasteiger partial charge in [-0.25, -0.2) is 4.39 Å². The minimum atomic E-state index is -0.739. The summed E-state index contributed by atoms with van der Waals surface area (Å²) in [6, 6.07) is 10.0. The second-order valence-electron chi connectivity index (χ2n) is 7.06. The Morgan fingerprint density at radius 3 is 2.42 bits per heavy atom. The molecule has 0 aliphatic rings. The molecule has 0 aliphatic heterocycles. The Morgan fingerprint density at radius 2 is 1.74 bits per heavy atom. The van der Waals surface area contributed by atoms with Crippen molar-refractivity contribution < 1.29 is 28.2 Å². The summed E-state index contributed by atoms with van der Waals surface area (Å²) < 4.78 is 24.5. The standard InChI is InChI=1S/C22H26FN3O5/c1-14(2)10-11-31-18-9-8-15(12-19(18)30-3)21(28)26-25-20(27)13-24-22(29)16-6-4-5-7-17(16)23/h4-9,12,14H,10-11,13H2,1-3H3,(H,24,29)(H,25,27)(H,26,28). The van der Waals surface area contributed by atoms with Crippen LogP contribution in [0.1, 0.15) is 41.0 Å². The number of nitrogens with one attached hydrogen (secondary N) is 3. The van der Waals surface area contributed by atoms with Crippen LogP contribution in [0.4, 0.5) is 4.39 Å². The van der Waals surface area contributed by atoms with E-state index in [4.69, 9.17) is 9.47 Å². The fourth-order valence-corrected chi connectivity index (χ4v) is 2.48. The molecule has 3 amide bonds. The van der Waals surface area contributed by atoms with E-state index in [-0.39, 0.29) is 11.1 Å². The van der Waals surface area contributed by atoms with Crippen molar-refractivity contribution in [1.29, 1.82) is 0 Å². The van der Waals surface area contributed by atoms with Crippen LogP contribution < -0.4 is 25.6 Å². The van der Waals surface area contributed by atoms with Gasteiger partial charge in [0.2, 0.25) is 0 Å². The average Bonchev–Trinajstić information content (AvgIpc) is 2.76. The second-order valence-corrected chi connectivity index (χ2v) is 7.06. The van der Waals surface area contributed by atoms with Gasteiger partial charge in [-0.2, -0.15) is 0 Å². The third-order valence-corrected chi connectivity index (χ3v) is 4.22. The van der Waals surface area contributed by atoms with Crippen molar-refractivity contribution in [3.8, 4) is 11.5 Å². The van der Waals surface area contributed by atoms with Crippen LogP contribution in [-0.4, -0.2) is 38.0 Å². The van der Waals surface area contributed by atoms with Crippen molar-refractivity contribution >= 4 is 17.7 Å². The van der Waals surface area contributed by atoms with Crippen molar-refractivity contribution in [2.75, 3.05) is 20.3 Å². The van der Waals surface area contributed by atoms with Gasteiger partial charge in [0, 0.05) is 5.56 Å². The number of hydrazine groups is 1. The van der Waals surface area contributed by atoms with Crippen molar-refractivity contribution in [3.05, 3.63) is 59.4 Å². The van der Waals surface area contributed by atoms with E-state index in [0.29, 0.717) is 24.0 Å². The van der Waals surface area contributed by atoms with Gasteiger partial charge in [-0.1, -0.05) is 26.0 Å². The number of halogens is 1. The molecule has 2 rings (SSSR count). The first kappa shape index (κ1) is 23.7. The summed E-state index contributed by atoms with van der Waals surface area (Å²) in [7, 11) is 1.46. The highest BCUT2D eigenvalue weighted by molar-refractivity contribution is 5.98. The van der Waals surface area contributed by atoms with E-state index in [9.17, 15) is 18.8 Å². The maximum atomic E-state index is 13.6. The molecule has 2 aromatic rings. The van der Waals surface area contributed by atoms with E-state index in [1.165, 1.54) is 37.4 Å². The minimum Gasteiger partial charge on any atom is -0.493 e. The SMILES string of the molecule is COc1cc(C(=O)NNC(=O)CNC(=O)c2ccccc2F)ccc1OCCC(C)C. The molecule has 8 nitrogen and oxygen atoms in total. The van der Waals surface area contributed by atoms with Gasteiger partial charge in [-0.15, -0.1) is 0 Å². The van der Waals surface area contributed by atoms with Crippen molar-refractivity contribution in [2.45, 2.75) is 20.3 Å². The van der Waals surface area contributed by atoms with E-state index in [2.05, 4.69) is 30.0 Å². The molecular weight excluding hydrogens is 405 g/mol. The normalized spacial score (nSPS) is 10.4. The van der Waals surface area contributed by atoms with Gasteiger partial charge < -0.3 is 14.8 Å². The molecule has 0 heterocycles. The summed E-state index contributed by atoms with van der Waals surface area (Å²) in [5.74, 6) is -1.30. The maximum absolute atomic E-state index is 13.6. The summed E-state index contributed by atoms with van der Waals surface area (Å²) >= 11 is 0. The number of carbonyl (C=O) groups is 3. The fourth-order valence-electron chi connectivity index (χ4n) is 2.48. The number of carbonyl (C=O) groups excluding carboxylic acids is 3. The number of methoxy groups -OCH3 is 1. The molecule has 0 radical (unpaired) electrons. The van der Waals surface area contributed by atoms with E-state index < -0.39 is 30.1 Å². The zero-order valence-electron chi connectivity index (χ0n) is 17.7. The third-order valence-electron chi connectivity index (χ3n) is 4.22. The summed E-state index contributed by atoms with van der Waals surface area (Å²) in [5.41, 5.74) is 4.49. The molecule has 2 aromatic carbocycles. The molecule has 0 saturated carbocycles. The smallest absolute Gasteiger partial charge is 0.269 e. The predicted octanol–water partition coefficient (Wildman–Crippen LogP) is 2.45. The van der Waals surface area contributed by atoms with Gasteiger partial charge in [0.25, 0.3) is 17.7 Å². The summed E-state index contributed by atoms with van der Waals surface area (Å²) in [6.45, 7) is 4.26. The lowest BCUT2D eigenvalue weighted by Crippen LogP contribution is -2.46. The maximum Gasteiger partial charge on any atom is 0.269 e. The zero-order valence-corrected chi connectivity index (χ0v) is 17.7. The molecule has 9 heteroatoms. The van der Waals surface area contributed by atoms with Crippen molar-refractivity contribution in [2.24, 2.45) is 5.92 Å². The largest absolute Gasteiger partial charge is 0.493 e. The topological polar surface area (TPSA) is 106 Å². The lowest BCUT2D eigenvalue weighted by Gasteiger charge is -2.13. The van der Waals surface area contributed by atoms with Gasteiger partial charge in [-0.3, -0.25) is 25.2 Å². The number of hydrogen-bond donors (Lipinski definition) is 3. The van der Waals surface area contributed by atoms with Crippen LogP contribution in [0.15, 0.2) is 42.5 Å². The summed E-state index contributed by atoms with van der Waals surface area (Å²) in [4.78, 5) is 36.0. The lowest BCUT2D eigenvalue weighted by molar-refractivity contribution is -0.120. The predicted molar refractivity (Wildman–Crippen MR) is 112 cm³/mol. The second kappa shape index (κ2) is 11.5. The Balaban J connectivity index is 1.85. The molecule has 0 bridgehead atoms. The molecule has 0 spiro atoms. The van der Waals surface area contributed by atoms with Crippen molar-refractivity contribution in [1.82, 2.24) is 16.2 Å². The first-order valence-electron chi connectivity index (χ1n) is 9.74. The molecule has 0 saturated heterocycles. The van der Waals surface area contributed by atoms with Gasteiger partial charge in [0.15, 0.2) is 11.5 Å². The van der Waals surface area contributed by atoms with Crippen LogP contribution in [0.3, 0.4) is 0 Å². The van der Waals surface area contributed by atoms with Gasteiger partial charge in [-0.05, 0) is 42.7 Å². The number of hydrogen-bond acceptors (Lipinski definition) is 5. The van der Waals surface area contributed by atoms with Crippen LogP contribution in [0.2, 0.25) is 0 Å². The first-order chi connectivity index (χ1) is 14.8. The number of rotatable bonds is 9. The van der Waals surface area contributed by atoms with Crippen LogP contribution in [-0.2, 0) is 4.79 Å². The molecule has 3 N–H and O–H groups in total. The van der Waals surface area contributed by atoms with Gasteiger partial charge >= 0.3 is 0 Å². The average molecular weight is 431 g/mol. The number of ether oxygens (including phenoxy) is 2. The highest BCUT2D eigenvalue weighted by Gasteiger charge is 2.14. The molecule has 0 atom stereocenters. The van der Waals surface area contributed by atoms with E-state index in [1.807, 2.05) is 0 Å². The van der Waals surface area contributed by atoms with Crippen LogP contribution in [0.5, 0.6) is 11.5 Å². The molecule has 166 valence electrons. The quantitative estimate of drug-likeness (QED) is 0.529. The number of benzene rings is 2. The Morgan fingerprint density at radius 1 is 1.00 bits per heavy atom. The summed E-state index contributed by atoms with van der Waals surface area (Å²) in [6.07, 6.45) is 0.880. The highest BCUT2D eigenvalue weighted by atomic mass is 19.1. The van der Waals surface area contributed by atoms with E-state index >= 15 is 0 Å². The molecule has 0 fully saturated rings. The third kappa shape index (κ3) is 7.29. The minimum absolute atomic E-state index is 0.179. The van der Waals surface area contributed by atoms with Crippen molar-refractivity contribution in [3.63, 3.8) is 0 Å². The number of amides is 3. The van der Waals surface area contributed by atoms with E-state index in [0.717, 1.165) is 12.5 Å². The Kier molecular flexibility index (Phi) is 8.80. The lowest BCUT2D eigenvalue weighted by atomic mass is 10.1. The van der Waals surface area contributed by atoms with E-state index in [1.54, 1.807) is 6.07 Å². The van der Waals surface area contributed by atoms with Crippen LogP contribution >= 0.6 is 0 Å². The Labute approximate surface area is 180 Å². The molecule has 31 heavy (non-hydrogen) atoms. The molecule has 0 unspecified atom stereocenters. The summed E-state index contributed by atoms with van der Waals surface area (Å²) in [5, 5.41) is 2.28. The zero-order chi connectivity index (χ0) is 22.8. The van der Waals surface area contributed by atoms with Crippen LogP contribution in [0.25, 0.3) is 0 Å². The highest BCUT2D eigenvalue weighted by Crippen LogP contribution is 2.28. The Hall–Kier alpha value is -3.62. The fraction of sp³-hybridized carbons (Fsp3) is 0.318. The van der Waals surface area contributed by atoms with Crippen LogP contribution in [0, 0.1) is 11.7 Å². The molecule has 0 aliphatic carbocycles. The van der Waals surface area contributed by atoms with Gasteiger partial charge in [0.05, 0.1) is 25.8 Å². The Bertz CT molecular complexity index is 933.